The van der Waals surface area contributed by atoms with E-state index in [-0.39, 0.29) is 5.78 Å². The van der Waals surface area contributed by atoms with Crippen LogP contribution in [0.4, 0.5) is 5.69 Å². The fraction of sp³-hybridized carbons (Fsp3) is 0.278. The first-order valence-electron chi connectivity index (χ1n) is 7.84. The van der Waals surface area contributed by atoms with Crippen LogP contribution in [-0.2, 0) is 16.4 Å². The Hall–Kier alpha value is -2.38. The highest BCUT2D eigenvalue weighted by atomic mass is 32.2. The first-order chi connectivity index (χ1) is 11.9. The highest BCUT2D eigenvalue weighted by Crippen LogP contribution is 2.34. The zero-order valence-corrected chi connectivity index (χ0v) is 14.6. The van der Waals surface area contributed by atoms with Crippen molar-refractivity contribution in [3.8, 4) is 5.75 Å². The van der Waals surface area contributed by atoms with E-state index >= 15 is 0 Å². The number of rotatable bonds is 5. The van der Waals surface area contributed by atoms with Crippen molar-refractivity contribution in [1.29, 1.82) is 0 Å². The molecule has 0 amide bonds. The van der Waals surface area contributed by atoms with Gasteiger partial charge in [-0.1, -0.05) is 18.2 Å². The molecule has 25 heavy (non-hydrogen) atoms. The van der Waals surface area contributed by atoms with E-state index in [0.29, 0.717) is 47.2 Å². The normalized spacial score (nSPS) is 13.9. The summed E-state index contributed by atoms with van der Waals surface area (Å²) in [7, 11) is -3.33. The lowest BCUT2D eigenvalue weighted by atomic mass is 10.1. The predicted octanol–water partition coefficient (Wildman–Crippen LogP) is 1.66. The summed E-state index contributed by atoms with van der Waals surface area (Å²) in [5, 5.41) is 9.06. The Morgan fingerprint density at radius 2 is 2.00 bits per heavy atom. The average molecular weight is 361 g/mol. The Morgan fingerprint density at radius 1 is 1.24 bits per heavy atom. The number of carbonyl (C=O) groups is 1. The van der Waals surface area contributed by atoms with Gasteiger partial charge in [0.15, 0.2) is 15.6 Å². The van der Waals surface area contributed by atoms with Gasteiger partial charge in [-0.2, -0.15) is 0 Å². The molecule has 2 aromatic carbocycles. The molecule has 3 rings (SSSR count). The molecule has 7 heteroatoms. The summed E-state index contributed by atoms with van der Waals surface area (Å²) in [4.78, 5) is 14.0. The van der Waals surface area contributed by atoms with Gasteiger partial charge in [-0.05, 0) is 29.8 Å². The second-order valence-electron chi connectivity index (χ2n) is 5.91. The molecule has 0 fully saturated rings. The van der Waals surface area contributed by atoms with Gasteiger partial charge in [0.2, 0.25) is 0 Å². The van der Waals surface area contributed by atoms with Crippen LogP contribution in [0.3, 0.4) is 0 Å². The number of fused-ring (bicyclic) bond motifs is 1. The topological polar surface area (TPSA) is 83.9 Å². The molecule has 0 aliphatic carbocycles. The molecule has 1 N–H and O–H groups in total. The van der Waals surface area contributed by atoms with Crippen molar-refractivity contribution in [2.75, 3.05) is 30.9 Å². The highest BCUT2D eigenvalue weighted by molar-refractivity contribution is 7.90. The number of hydrogen-bond acceptors (Lipinski definition) is 6. The number of carbonyl (C=O) groups excluding carboxylic acids is 1. The third-order valence-corrected chi connectivity index (χ3v) is 5.31. The summed E-state index contributed by atoms with van der Waals surface area (Å²) in [6.45, 7) is 0.871. The molecule has 0 saturated carbocycles. The molecular formula is C18H19NO5S. The van der Waals surface area contributed by atoms with Gasteiger partial charge in [-0.25, -0.2) is 8.42 Å². The van der Waals surface area contributed by atoms with Gasteiger partial charge in [0.05, 0.1) is 17.1 Å². The Kier molecular flexibility index (Phi) is 4.78. The van der Waals surface area contributed by atoms with Crippen molar-refractivity contribution < 1.29 is 23.1 Å². The lowest BCUT2D eigenvalue weighted by molar-refractivity contribution is 0.0903. The maximum absolute atomic E-state index is 12.0. The molecule has 0 bridgehead atoms. The van der Waals surface area contributed by atoms with Gasteiger partial charge in [0.25, 0.3) is 0 Å². The molecule has 1 heterocycles. The zero-order chi connectivity index (χ0) is 18.0. The van der Waals surface area contributed by atoms with Crippen molar-refractivity contribution >= 4 is 21.3 Å². The smallest absolute Gasteiger partial charge is 0.188 e. The molecule has 1 aliphatic rings. The van der Waals surface area contributed by atoms with Crippen molar-refractivity contribution in [2.45, 2.75) is 11.4 Å². The van der Waals surface area contributed by atoms with Crippen LogP contribution in [0, 0.1) is 0 Å². The van der Waals surface area contributed by atoms with E-state index in [1.54, 1.807) is 42.5 Å². The molecule has 6 nitrogen and oxygen atoms in total. The summed E-state index contributed by atoms with van der Waals surface area (Å²) < 4.78 is 29.6. The SMILES string of the molecule is CS(=O)(=O)c1ccccc1CN1CCOc2ccc(C(=O)CO)cc21. The van der Waals surface area contributed by atoms with Crippen LogP contribution in [0.1, 0.15) is 15.9 Å². The minimum Gasteiger partial charge on any atom is -0.490 e. The molecule has 0 spiro atoms. The number of benzene rings is 2. The Labute approximate surface area is 146 Å². The second-order valence-corrected chi connectivity index (χ2v) is 7.90. The lowest BCUT2D eigenvalue weighted by Crippen LogP contribution is -2.32. The molecule has 0 saturated heterocycles. The Balaban J connectivity index is 1.98. The summed E-state index contributed by atoms with van der Waals surface area (Å²) in [6, 6.07) is 11.9. The molecule has 132 valence electrons. The van der Waals surface area contributed by atoms with Gasteiger partial charge in [-0.15, -0.1) is 0 Å². The first-order valence-corrected chi connectivity index (χ1v) is 9.73. The number of nitrogens with zero attached hydrogens (tertiary/aromatic N) is 1. The highest BCUT2D eigenvalue weighted by Gasteiger charge is 2.22. The number of sulfone groups is 1. The number of ketones is 1. The van der Waals surface area contributed by atoms with Crippen molar-refractivity contribution in [3.05, 3.63) is 53.6 Å². The molecule has 1 aliphatic heterocycles. The van der Waals surface area contributed by atoms with Crippen molar-refractivity contribution in [3.63, 3.8) is 0 Å². The Morgan fingerprint density at radius 3 is 2.72 bits per heavy atom. The van der Waals surface area contributed by atoms with E-state index in [1.807, 2.05) is 4.90 Å². The van der Waals surface area contributed by atoms with Crippen LogP contribution in [0.5, 0.6) is 5.75 Å². The van der Waals surface area contributed by atoms with Gasteiger partial charge in [0.1, 0.15) is 19.0 Å². The number of anilines is 1. The minimum absolute atomic E-state index is 0.297. The van der Waals surface area contributed by atoms with E-state index in [4.69, 9.17) is 9.84 Å². The van der Waals surface area contributed by atoms with Crippen LogP contribution >= 0.6 is 0 Å². The number of hydrogen-bond donors (Lipinski definition) is 1. The molecule has 0 atom stereocenters. The number of aliphatic hydroxyl groups excluding tert-OH is 1. The molecule has 0 unspecified atom stereocenters. The van der Waals surface area contributed by atoms with Crippen LogP contribution in [0.15, 0.2) is 47.4 Å². The van der Waals surface area contributed by atoms with Gasteiger partial charge in [-0.3, -0.25) is 4.79 Å². The van der Waals surface area contributed by atoms with Crippen LogP contribution in [0.2, 0.25) is 0 Å². The monoisotopic (exact) mass is 361 g/mol. The van der Waals surface area contributed by atoms with E-state index in [2.05, 4.69) is 0 Å². The standard InChI is InChI=1S/C18H19NO5S/c1-25(22,23)18-5-3-2-4-14(18)11-19-8-9-24-17-7-6-13(10-15(17)19)16(21)12-20/h2-7,10,20H,8-9,11-12H2,1H3. The minimum atomic E-state index is -3.33. The largest absolute Gasteiger partial charge is 0.490 e. The second kappa shape index (κ2) is 6.85. The van der Waals surface area contributed by atoms with Gasteiger partial charge < -0.3 is 14.7 Å². The average Bonchev–Trinajstić information content (AvgIpc) is 2.60. The van der Waals surface area contributed by atoms with E-state index in [1.165, 1.54) is 6.26 Å². The summed E-state index contributed by atoms with van der Waals surface area (Å²) in [5.41, 5.74) is 1.80. The number of ether oxygens (including phenoxy) is 1. The third-order valence-electron chi connectivity index (χ3n) is 4.12. The maximum Gasteiger partial charge on any atom is 0.188 e. The molecular weight excluding hydrogens is 342 g/mol. The molecule has 0 aromatic heterocycles. The quantitative estimate of drug-likeness (QED) is 0.816. The van der Waals surface area contributed by atoms with Crippen molar-refractivity contribution in [1.82, 2.24) is 0 Å². The van der Waals surface area contributed by atoms with Crippen molar-refractivity contribution in [2.24, 2.45) is 0 Å². The molecule has 2 aromatic rings. The zero-order valence-electron chi connectivity index (χ0n) is 13.8. The lowest BCUT2D eigenvalue weighted by Gasteiger charge is -2.32. The fourth-order valence-corrected chi connectivity index (χ4v) is 3.84. The number of Topliss-reactive ketones (excluding diaryl/α,β-unsaturated/α-hetero) is 1. The van der Waals surface area contributed by atoms with Crippen LogP contribution < -0.4 is 9.64 Å². The Bertz CT molecular complexity index is 907. The summed E-state index contributed by atoms with van der Waals surface area (Å²) >= 11 is 0. The predicted molar refractivity (Wildman–Crippen MR) is 94.0 cm³/mol. The van der Waals surface area contributed by atoms with E-state index in [9.17, 15) is 13.2 Å². The van der Waals surface area contributed by atoms with E-state index < -0.39 is 16.4 Å². The third kappa shape index (κ3) is 3.67. The first kappa shape index (κ1) is 17.4. The number of aliphatic hydroxyl groups is 1. The maximum atomic E-state index is 12.0. The summed E-state index contributed by atoms with van der Waals surface area (Å²) in [6.07, 6.45) is 1.19. The van der Waals surface area contributed by atoms with E-state index in [0.717, 1.165) is 0 Å². The van der Waals surface area contributed by atoms with Gasteiger partial charge in [0, 0.05) is 18.4 Å². The fourth-order valence-electron chi connectivity index (χ4n) is 2.90. The van der Waals surface area contributed by atoms with Gasteiger partial charge >= 0.3 is 0 Å². The van der Waals surface area contributed by atoms with Crippen LogP contribution in [-0.4, -0.2) is 45.3 Å². The van der Waals surface area contributed by atoms with Crippen LogP contribution in [0.25, 0.3) is 0 Å². The summed E-state index contributed by atoms with van der Waals surface area (Å²) in [5.74, 6) is 0.266. The molecule has 0 radical (unpaired) electrons.